The first-order chi connectivity index (χ1) is 13.7. The highest BCUT2D eigenvalue weighted by molar-refractivity contribution is 5.47. The van der Waals surface area contributed by atoms with Crippen LogP contribution in [0.25, 0.3) is 0 Å². The maximum Gasteiger partial charge on any atom is 0.119 e. The molecule has 0 radical (unpaired) electrons. The van der Waals surface area contributed by atoms with Gasteiger partial charge >= 0.3 is 0 Å². The summed E-state index contributed by atoms with van der Waals surface area (Å²) in [6.07, 6.45) is 7.41. The zero-order valence-electron chi connectivity index (χ0n) is 17.9. The summed E-state index contributed by atoms with van der Waals surface area (Å²) in [5.41, 5.74) is 2.34. The molecule has 0 atom stereocenters. The molecule has 3 nitrogen and oxygen atoms in total. The molecule has 0 saturated carbocycles. The summed E-state index contributed by atoms with van der Waals surface area (Å²) in [4.78, 5) is 0. The van der Waals surface area contributed by atoms with Crippen LogP contribution >= 0.6 is 0 Å². The van der Waals surface area contributed by atoms with Crippen LogP contribution in [0.3, 0.4) is 0 Å². The monoisotopic (exact) mass is 383 g/mol. The van der Waals surface area contributed by atoms with Crippen LogP contribution in [-0.2, 0) is 6.54 Å². The minimum absolute atomic E-state index is 0.670. The summed E-state index contributed by atoms with van der Waals surface area (Å²) in [6, 6.07) is 16.6. The van der Waals surface area contributed by atoms with Gasteiger partial charge in [-0.05, 0) is 60.7 Å². The van der Waals surface area contributed by atoms with Gasteiger partial charge in [-0.3, -0.25) is 0 Å². The Kier molecular flexibility index (Phi) is 10.3. The average molecular weight is 384 g/mol. The molecule has 0 spiro atoms. The predicted octanol–water partition coefficient (Wildman–Crippen LogP) is 7.07. The van der Waals surface area contributed by atoms with Crippen molar-refractivity contribution >= 4 is 5.69 Å². The van der Waals surface area contributed by atoms with Crippen molar-refractivity contribution in [2.24, 2.45) is 5.92 Å². The number of unbranched alkanes of at least 4 members (excludes halogenated alkanes) is 4. The molecule has 0 fully saturated rings. The Morgan fingerprint density at radius 1 is 0.750 bits per heavy atom. The molecule has 3 heteroatoms. The molecule has 0 heterocycles. The normalized spacial score (nSPS) is 10.9. The van der Waals surface area contributed by atoms with E-state index in [1.54, 1.807) is 0 Å². The van der Waals surface area contributed by atoms with E-state index in [0.717, 1.165) is 49.8 Å². The Balaban J connectivity index is 1.67. The highest BCUT2D eigenvalue weighted by Crippen LogP contribution is 2.18. The van der Waals surface area contributed by atoms with E-state index in [2.05, 4.69) is 62.5 Å². The van der Waals surface area contributed by atoms with Gasteiger partial charge in [-0.2, -0.15) is 0 Å². The minimum Gasteiger partial charge on any atom is -0.494 e. The smallest absolute Gasteiger partial charge is 0.119 e. The molecule has 0 saturated heterocycles. The number of nitrogens with one attached hydrogen (secondary N) is 1. The molecule has 28 heavy (non-hydrogen) atoms. The third kappa shape index (κ3) is 9.16. The number of hydrogen-bond acceptors (Lipinski definition) is 3. The Hall–Kier alpha value is -2.16. The highest BCUT2D eigenvalue weighted by Gasteiger charge is 2.00. The van der Waals surface area contributed by atoms with Gasteiger partial charge in [0.15, 0.2) is 0 Å². The van der Waals surface area contributed by atoms with Gasteiger partial charge < -0.3 is 14.8 Å². The Bertz CT molecular complexity index is 635. The van der Waals surface area contributed by atoms with Crippen LogP contribution < -0.4 is 14.8 Å². The van der Waals surface area contributed by atoms with Crippen LogP contribution in [0.15, 0.2) is 48.5 Å². The molecule has 0 bridgehead atoms. The van der Waals surface area contributed by atoms with Crippen molar-refractivity contribution in [3.05, 3.63) is 54.1 Å². The zero-order chi connectivity index (χ0) is 20.0. The Morgan fingerprint density at radius 3 is 2.00 bits per heavy atom. The molecule has 0 unspecified atom stereocenters. The van der Waals surface area contributed by atoms with Crippen molar-refractivity contribution < 1.29 is 9.47 Å². The van der Waals surface area contributed by atoms with Gasteiger partial charge in [0.1, 0.15) is 11.5 Å². The quantitative estimate of drug-likeness (QED) is 0.354. The average Bonchev–Trinajstić information content (AvgIpc) is 2.70. The van der Waals surface area contributed by atoms with E-state index in [-0.39, 0.29) is 0 Å². The number of anilines is 1. The maximum absolute atomic E-state index is 5.83. The van der Waals surface area contributed by atoms with Crippen molar-refractivity contribution in [1.29, 1.82) is 0 Å². The topological polar surface area (TPSA) is 30.5 Å². The van der Waals surface area contributed by atoms with Gasteiger partial charge in [0.05, 0.1) is 13.2 Å². The van der Waals surface area contributed by atoms with Crippen LogP contribution in [0.4, 0.5) is 5.69 Å². The van der Waals surface area contributed by atoms with Gasteiger partial charge in [0.25, 0.3) is 0 Å². The van der Waals surface area contributed by atoms with Crippen molar-refractivity contribution in [3.8, 4) is 11.5 Å². The lowest BCUT2D eigenvalue weighted by molar-refractivity contribution is 0.289. The van der Waals surface area contributed by atoms with Gasteiger partial charge in [-0.15, -0.1) is 0 Å². The molecule has 0 amide bonds. The fourth-order valence-corrected chi connectivity index (χ4v) is 2.88. The molecule has 0 aliphatic rings. The first-order valence-corrected chi connectivity index (χ1v) is 10.9. The van der Waals surface area contributed by atoms with Crippen LogP contribution in [0.5, 0.6) is 11.5 Å². The molecular formula is C25H37NO2. The second-order valence-electron chi connectivity index (χ2n) is 7.82. The fourth-order valence-electron chi connectivity index (χ4n) is 2.88. The van der Waals surface area contributed by atoms with Crippen molar-refractivity contribution in [1.82, 2.24) is 0 Å². The first-order valence-electron chi connectivity index (χ1n) is 10.9. The number of rotatable bonds is 14. The zero-order valence-corrected chi connectivity index (χ0v) is 17.9. The summed E-state index contributed by atoms with van der Waals surface area (Å²) in [7, 11) is 0. The first kappa shape index (κ1) is 22.1. The molecule has 0 aliphatic heterocycles. The van der Waals surface area contributed by atoms with Crippen LogP contribution in [0.2, 0.25) is 0 Å². The molecule has 1 N–H and O–H groups in total. The lowest BCUT2D eigenvalue weighted by atomic mass is 10.1. The van der Waals surface area contributed by atoms with E-state index >= 15 is 0 Å². The van der Waals surface area contributed by atoms with Crippen molar-refractivity contribution in [3.63, 3.8) is 0 Å². The van der Waals surface area contributed by atoms with Crippen LogP contribution in [0.1, 0.15) is 64.9 Å². The van der Waals surface area contributed by atoms with E-state index in [4.69, 9.17) is 9.47 Å². The Morgan fingerprint density at radius 2 is 1.36 bits per heavy atom. The molecule has 0 aromatic heterocycles. The van der Waals surface area contributed by atoms with E-state index in [1.807, 2.05) is 12.1 Å². The number of benzene rings is 2. The largest absolute Gasteiger partial charge is 0.494 e. The second-order valence-corrected chi connectivity index (χ2v) is 7.82. The fraction of sp³-hybridized carbons (Fsp3) is 0.520. The second kappa shape index (κ2) is 13.1. The molecular weight excluding hydrogens is 346 g/mol. The van der Waals surface area contributed by atoms with Gasteiger partial charge in [-0.25, -0.2) is 0 Å². The lowest BCUT2D eigenvalue weighted by Crippen LogP contribution is -2.02. The molecule has 0 aliphatic carbocycles. The summed E-state index contributed by atoms with van der Waals surface area (Å²) >= 11 is 0. The SMILES string of the molecule is CCCCCCCOc1ccc(CNc2ccc(OCCC(C)C)cc2)cc1. The molecule has 2 aromatic carbocycles. The molecule has 154 valence electrons. The number of hydrogen-bond donors (Lipinski definition) is 1. The van der Waals surface area contributed by atoms with Crippen LogP contribution in [0, 0.1) is 5.92 Å². The summed E-state index contributed by atoms with van der Waals surface area (Å²) in [5.74, 6) is 2.56. The summed E-state index contributed by atoms with van der Waals surface area (Å²) in [5, 5.41) is 3.46. The van der Waals surface area contributed by atoms with E-state index in [9.17, 15) is 0 Å². The lowest BCUT2D eigenvalue weighted by Gasteiger charge is -2.11. The van der Waals surface area contributed by atoms with Gasteiger partial charge in [0, 0.05) is 12.2 Å². The summed E-state index contributed by atoms with van der Waals surface area (Å²) in [6.45, 7) is 9.05. The minimum atomic E-state index is 0.670. The maximum atomic E-state index is 5.83. The highest BCUT2D eigenvalue weighted by atomic mass is 16.5. The van der Waals surface area contributed by atoms with E-state index in [0.29, 0.717) is 5.92 Å². The number of ether oxygens (including phenoxy) is 2. The van der Waals surface area contributed by atoms with Gasteiger partial charge in [-0.1, -0.05) is 58.6 Å². The molecule has 2 rings (SSSR count). The van der Waals surface area contributed by atoms with E-state index < -0.39 is 0 Å². The van der Waals surface area contributed by atoms with E-state index in [1.165, 1.54) is 31.2 Å². The third-order valence-electron chi connectivity index (χ3n) is 4.75. The third-order valence-corrected chi connectivity index (χ3v) is 4.75. The summed E-state index contributed by atoms with van der Waals surface area (Å²) < 4.78 is 11.6. The standard InChI is InChI=1S/C25H37NO2/c1-4-5-6-7-8-18-27-24-13-9-22(10-14-24)20-26-23-11-15-25(16-12-23)28-19-17-21(2)3/h9-16,21,26H,4-8,17-20H2,1-3H3. The van der Waals surface area contributed by atoms with Gasteiger partial charge in [0.2, 0.25) is 0 Å². The molecule has 2 aromatic rings. The van der Waals surface area contributed by atoms with Crippen molar-refractivity contribution in [2.75, 3.05) is 18.5 Å². The van der Waals surface area contributed by atoms with Crippen molar-refractivity contribution in [2.45, 2.75) is 65.8 Å². The Labute approximate surface area is 171 Å². The predicted molar refractivity (Wildman–Crippen MR) is 119 cm³/mol. The van der Waals surface area contributed by atoms with Crippen LogP contribution in [-0.4, -0.2) is 13.2 Å².